The molecule has 1 aromatic heterocycles. The van der Waals surface area contributed by atoms with Crippen LogP contribution in [0.3, 0.4) is 0 Å². The molecule has 0 amide bonds. The van der Waals surface area contributed by atoms with Crippen LogP contribution < -0.4 is 4.72 Å². The minimum atomic E-state index is -3.14. The maximum Gasteiger partial charge on any atom is 0.208 e. The van der Waals surface area contributed by atoms with E-state index < -0.39 is 10.0 Å². The van der Waals surface area contributed by atoms with Gasteiger partial charge < -0.3 is 4.57 Å². The first-order valence-electron chi connectivity index (χ1n) is 7.76. The third kappa shape index (κ3) is 4.63. The molecule has 6 nitrogen and oxygen atoms in total. The topological polar surface area (TPSA) is 67.2 Å². The number of likely N-dealkylation sites (tertiary alicyclic amines) is 1. The van der Waals surface area contributed by atoms with Crippen LogP contribution in [0.25, 0.3) is 5.69 Å². The number of aromatic nitrogens is 2. The lowest BCUT2D eigenvalue weighted by atomic mass is 10.1. The molecule has 0 aliphatic carbocycles. The second kappa shape index (κ2) is 6.82. The van der Waals surface area contributed by atoms with Gasteiger partial charge in [0.1, 0.15) is 0 Å². The Labute approximate surface area is 137 Å². The van der Waals surface area contributed by atoms with Crippen molar-refractivity contribution in [3.05, 3.63) is 48.5 Å². The van der Waals surface area contributed by atoms with Crippen LogP contribution >= 0.6 is 0 Å². The predicted molar refractivity (Wildman–Crippen MR) is 89.8 cm³/mol. The van der Waals surface area contributed by atoms with E-state index in [1.807, 2.05) is 10.8 Å². The zero-order valence-electron chi connectivity index (χ0n) is 13.2. The summed E-state index contributed by atoms with van der Waals surface area (Å²) in [6, 6.07) is 8.40. The van der Waals surface area contributed by atoms with E-state index in [0.717, 1.165) is 38.2 Å². The van der Waals surface area contributed by atoms with Crippen molar-refractivity contribution in [3.8, 4) is 5.69 Å². The Morgan fingerprint density at radius 2 is 2.09 bits per heavy atom. The van der Waals surface area contributed by atoms with Gasteiger partial charge in [0.2, 0.25) is 10.0 Å². The van der Waals surface area contributed by atoms with E-state index in [0.29, 0.717) is 0 Å². The molecule has 1 aromatic carbocycles. The smallest absolute Gasteiger partial charge is 0.208 e. The summed E-state index contributed by atoms with van der Waals surface area (Å²) >= 11 is 0. The fourth-order valence-corrected chi connectivity index (χ4v) is 3.84. The normalized spacial score (nSPS) is 19.8. The summed E-state index contributed by atoms with van der Waals surface area (Å²) in [5.41, 5.74) is 2.32. The lowest BCUT2D eigenvalue weighted by molar-refractivity contribution is 0.194. The Morgan fingerprint density at radius 3 is 2.74 bits per heavy atom. The van der Waals surface area contributed by atoms with Crippen LogP contribution in [0.1, 0.15) is 18.4 Å². The van der Waals surface area contributed by atoms with Crippen LogP contribution in [-0.2, 0) is 16.6 Å². The Balaban J connectivity index is 1.60. The summed E-state index contributed by atoms with van der Waals surface area (Å²) in [4.78, 5) is 6.35. The highest BCUT2D eigenvalue weighted by atomic mass is 32.2. The Hall–Kier alpha value is -1.70. The Kier molecular flexibility index (Phi) is 4.79. The van der Waals surface area contributed by atoms with Crippen molar-refractivity contribution in [3.63, 3.8) is 0 Å². The van der Waals surface area contributed by atoms with Crippen molar-refractivity contribution in [1.29, 1.82) is 0 Å². The molecule has 2 aromatic rings. The first kappa shape index (κ1) is 16.2. The Morgan fingerprint density at radius 1 is 1.30 bits per heavy atom. The van der Waals surface area contributed by atoms with E-state index >= 15 is 0 Å². The molecule has 1 aliphatic rings. The predicted octanol–water partition coefficient (Wildman–Crippen LogP) is 1.39. The van der Waals surface area contributed by atoms with Gasteiger partial charge in [0.25, 0.3) is 0 Å². The average Bonchev–Trinajstić information content (AvgIpc) is 3.01. The van der Waals surface area contributed by atoms with Crippen LogP contribution in [0.5, 0.6) is 0 Å². The molecule has 1 unspecified atom stereocenters. The quantitative estimate of drug-likeness (QED) is 0.897. The van der Waals surface area contributed by atoms with E-state index in [1.165, 1.54) is 11.8 Å². The molecule has 1 aliphatic heterocycles. The molecular formula is C16H22N4O2S. The van der Waals surface area contributed by atoms with Crippen LogP contribution in [0.15, 0.2) is 43.0 Å². The molecule has 1 fully saturated rings. The third-order valence-corrected chi connectivity index (χ3v) is 4.79. The number of imidazole rings is 1. The largest absolute Gasteiger partial charge is 0.306 e. The first-order valence-corrected chi connectivity index (χ1v) is 9.66. The lowest BCUT2D eigenvalue weighted by Crippen LogP contribution is -2.46. The summed E-state index contributed by atoms with van der Waals surface area (Å²) in [6.45, 7) is 2.60. The number of nitrogens with zero attached hydrogens (tertiary/aromatic N) is 3. The molecule has 23 heavy (non-hydrogen) atoms. The summed E-state index contributed by atoms with van der Waals surface area (Å²) < 4.78 is 27.4. The maximum absolute atomic E-state index is 11.4. The molecule has 0 bridgehead atoms. The van der Waals surface area contributed by atoms with Crippen molar-refractivity contribution in [2.75, 3.05) is 19.3 Å². The number of sulfonamides is 1. The third-order valence-electron chi connectivity index (χ3n) is 4.03. The number of benzene rings is 1. The summed E-state index contributed by atoms with van der Waals surface area (Å²) in [7, 11) is -3.14. The van der Waals surface area contributed by atoms with Gasteiger partial charge in [-0.2, -0.15) is 0 Å². The molecule has 0 spiro atoms. The van der Waals surface area contributed by atoms with E-state index in [4.69, 9.17) is 0 Å². The molecule has 3 rings (SSSR count). The van der Waals surface area contributed by atoms with Crippen LogP contribution in [0, 0.1) is 0 Å². The maximum atomic E-state index is 11.4. The highest BCUT2D eigenvalue weighted by molar-refractivity contribution is 7.88. The zero-order valence-corrected chi connectivity index (χ0v) is 14.0. The van der Waals surface area contributed by atoms with Crippen molar-refractivity contribution < 1.29 is 8.42 Å². The molecule has 1 N–H and O–H groups in total. The van der Waals surface area contributed by atoms with Gasteiger partial charge in [-0.3, -0.25) is 4.90 Å². The SMILES string of the molecule is CS(=O)(=O)NC1CCCN(Cc2ccc(-n3ccnc3)cc2)C1. The second-order valence-electron chi connectivity index (χ2n) is 6.10. The van der Waals surface area contributed by atoms with Gasteiger partial charge in [0, 0.05) is 37.2 Å². The van der Waals surface area contributed by atoms with Gasteiger partial charge >= 0.3 is 0 Å². The standard InChI is InChI=1S/C16H22N4O2S/c1-23(21,22)18-15-3-2-9-19(12-15)11-14-4-6-16(7-5-14)20-10-8-17-13-20/h4-8,10,13,15,18H,2-3,9,11-12H2,1H3. The van der Waals surface area contributed by atoms with Crippen molar-refractivity contribution in [1.82, 2.24) is 19.2 Å². The second-order valence-corrected chi connectivity index (χ2v) is 7.88. The molecule has 1 saturated heterocycles. The fourth-order valence-electron chi connectivity index (χ4n) is 3.04. The van der Waals surface area contributed by atoms with Crippen molar-refractivity contribution in [2.45, 2.75) is 25.4 Å². The van der Waals surface area contributed by atoms with Gasteiger partial charge in [-0.15, -0.1) is 0 Å². The molecular weight excluding hydrogens is 312 g/mol. The lowest BCUT2D eigenvalue weighted by Gasteiger charge is -2.32. The number of rotatable bonds is 5. The van der Waals surface area contributed by atoms with Gasteiger partial charge in [-0.1, -0.05) is 12.1 Å². The van der Waals surface area contributed by atoms with Crippen LogP contribution in [0.4, 0.5) is 0 Å². The monoisotopic (exact) mass is 334 g/mol. The Bertz CT molecular complexity index is 726. The number of hydrogen-bond donors (Lipinski definition) is 1. The first-order chi connectivity index (χ1) is 11.0. The number of hydrogen-bond acceptors (Lipinski definition) is 4. The zero-order chi connectivity index (χ0) is 16.3. The molecule has 2 heterocycles. The molecule has 7 heteroatoms. The summed E-state index contributed by atoms with van der Waals surface area (Å²) in [5, 5.41) is 0. The van der Waals surface area contributed by atoms with Gasteiger partial charge in [-0.05, 0) is 37.1 Å². The van der Waals surface area contributed by atoms with Gasteiger partial charge in [0.05, 0.1) is 12.6 Å². The van der Waals surface area contributed by atoms with Crippen molar-refractivity contribution >= 4 is 10.0 Å². The molecule has 1 atom stereocenters. The summed E-state index contributed by atoms with van der Waals surface area (Å²) in [6.07, 6.45) is 8.60. The van der Waals surface area contributed by atoms with Gasteiger partial charge in [-0.25, -0.2) is 18.1 Å². The van der Waals surface area contributed by atoms with Gasteiger partial charge in [0.15, 0.2) is 0 Å². The molecule has 124 valence electrons. The summed E-state index contributed by atoms with van der Waals surface area (Å²) in [5.74, 6) is 0. The van der Waals surface area contributed by atoms with Crippen molar-refractivity contribution in [2.24, 2.45) is 0 Å². The van der Waals surface area contributed by atoms with E-state index in [1.54, 1.807) is 12.5 Å². The highest BCUT2D eigenvalue weighted by Crippen LogP contribution is 2.16. The molecule has 0 saturated carbocycles. The van der Waals surface area contributed by atoms with E-state index in [9.17, 15) is 8.42 Å². The average molecular weight is 334 g/mol. The van der Waals surface area contributed by atoms with E-state index in [2.05, 4.69) is 38.9 Å². The van der Waals surface area contributed by atoms with E-state index in [-0.39, 0.29) is 6.04 Å². The van der Waals surface area contributed by atoms with Crippen LogP contribution in [0.2, 0.25) is 0 Å². The minimum Gasteiger partial charge on any atom is -0.306 e. The fraction of sp³-hybridized carbons (Fsp3) is 0.438. The highest BCUT2D eigenvalue weighted by Gasteiger charge is 2.22. The number of nitrogens with one attached hydrogen (secondary N) is 1. The minimum absolute atomic E-state index is 0.0176. The number of piperidine rings is 1. The van der Waals surface area contributed by atoms with Crippen LogP contribution in [-0.4, -0.2) is 48.3 Å². The molecule has 0 radical (unpaired) electrons.